The van der Waals surface area contributed by atoms with Gasteiger partial charge in [-0.2, -0.15) is 0 Å². The summed E-state index contributed by atoms with van der Waals surface area (Å²) in [4.78, 5) is 15.2. The Balaban J connectivity index is 2.32. The molecule has 1 aromatic rings. The molecule has 0 bridgehead atoms. The molecule has 0 aromatic carbocycles. The van der Waals surface area contributed by atoms with E-state index < -0.39 is 0 Å². The molecule has 0 atom stereocenters. The summed E-state index contributed by atoms with van der Waals surface area (Å²) in [5, 5.41) is 11.2. The minimum Gasteiger partial charge on any atom is -0.438 e. The number of oxazole rings is 1. The number of carbonyl (C=O) groups is 1. The third-order valence-corrected chi connectivity index (χ3v) is 1.82. The fourth-order valence-corrected chi connectivity index (χ4v) is 1.04. The standard InChI is InChI=1S/C9H14N2O3/c1-7-8(14-6-11-7)9(13)10-4-2-3-5-12/h6,12H,2-5H2,1H3,(H,10,13). The number of aryl methyl sites for hydroxylation is 1. The number of nitrogens with one attached hydrogen (secondary N) is 1. The van der Waals surface area contributed by atoms with Crippen molar-refractivity contribution in [3.05, 3.63) is 17.8 Å². The molecule has 5 heteroatoms. The summed E-state index contributed by atoms with van der Waals surface area (Å²) in [5.41, 5.74) is 0.588. The van der Waals surface area contributed by atoms with Gasteiger partial charge in [0, 0.05) is 13.2 Å². The molecule has 0 unspecified atom stereocenters. The van der Waals surface area contributed by atoms with Gasteiger partial charge in [-0.05, 0) is 19.8 Å². The van der Waals surface area contributed by atoms with Crippen LogP contribution < -0.4 is 5.32 Å². The zero-order valence-corrected chi connectivity index (χ0v) is 8.12. The van der Waals surface area contributed by atoms with Crippen molar-refractivity contribution in [1.82, 2.24) is 10.3 Å². The summed E-state index contributed by atoms with van der Waals surface area (Å²) in [7, 11) is 0. The molecular weight excluding hydrogens is 184 g/mol. The van der Waals surface area contributed by atoms with E-state index in [0.717, 1.165) is 6.42 Å². The molecule has 78 valence electrons. The predicted molar refractivity (Wildman–Crippen MR) is 49.9 cm³/mol. The van der Waals surface area contributed by atoms with E-state index in [1.165, 1.54) is 6.39 Å². The second-order valence-electron chi connectivity index (χ2n) is 2.95. The largest absolute Gasteiger partial charge is 0.438 e. The zero-order chi connectivity index (χ0) is 10.4. The molecule has 0 radical (unpaired) electrons. The maximum Gasteiger partial charge on any atom is 0.288 e. The first-order valence-corrected chi connectivity index (χ1v) is 4.55. The third-order valence-electron chi connectivity index (χ3n) is 1.82. The van der Waals surface area contributed by atoms with Crippen LogP contribution in [0, 0.1) is 6.92 Å². The van der Waals surface area contributed by atoms with Crippen LogP contribution in [0.1, 0.15) is 29.1 Å². The average Bonchev–Trinajstić information content (AvgIpc) is 2.59. The molecule has 0 aliphatic heterocycles. The molecular formula is C9H14N2O3. The van der Waals surface area contributed by atoms with Crippen LogP contribution in [0.4, 0.5) is 0 Å². The van der Waals surface area contributed by atoms with Crippen LogP contribution in [0.3, 0.4) is 0 Å². The summed E-state index contributed by atoms with van der Waals surface area (Å²) in [5.74, 6) is 0.00642. The Kier molecular flexibility index (Phi) is 4.12. The highest BCUT2D eigenvalue weighted by Gasteiger charge is 2.12. The zero-order valence-electron chi connectivity index (χ0n) is 8.12. The molecule has 1 aromatic heterocycles. The number of hydrogen-bond acceptors (Lipinski definition) is 4. The van der Waals surface area contributed by atoms with Crippen molar-refractivity contribution < 1.29 is 14.3 Å². The number of amides is 1. The summed E-state index contributed by atoms with van der Waals surface area (Å²) in [6.45, 7) is 2.41. The Bertz CT molecular complexity index is 296. The minimum absolute atomic E-state index is 0.150. The van der Waals surface area contributed by atoms with Crippen LogP contribution in [-0.4, -0.2) is 29.1 Å². The van der Waals surface area contributed by atoms with Gasteiger partial charge in [0.1, 0.15) is 0 Å². The predicted octanol–water partition coefficient (Wildman–Crippen LogP) is 0.485. The Hall–Kier alpha value is -1.36. The highest BCUT2D eigenvalue weighted by Crippen LogP contribution is 2.03. The number of unbranched alkanes of at least 4 members (excludes halogenated alkanes) is 1. The van der Waals surface area contributed by atoms with Crippen LogP contribution in [0.15, 0.2) is 10.8 Å². The van der Waals surface area contributed by atoms with Gasteiger partial charge in [0.25, 0.3) is 5.91 Å². The van der Waals surface area contributed by atoms with Gasteiger partial charge in [0.05, 0.1) is 5.69 Å². The van der Waals surface area contributed by atoms with E-state index in [0.29, 0.717) is 18.7 Å². The molecule has 2 N–H and O–H groups in total. The number of nitrogens with zero attached hydrogens (tertiary/aromatic N) is 1. The van der Waals surface area contributed by atoms with E-state index in [9.17, 15) is 4.79 Å². The lowest BCUT2D eigenvalue weighted by Crippen LogP contribution is -2.24. The van der Waals surface area contributed by atoms with Crippen molar-refractivity contribution in [1.29, 1.82) is 0 Å². The van der Waals surface area contributed by atoms with Crippen LogP contribution in [0.2, 0.25) is 0 Å². The van der Waals surface area contributed by atoms with Crippen molar-refractivity contribution in [3.8, 4) is 0 Å². The molecule has 0 aliphatic carbocycles. The van der Waals surface area contributed by atoms with Crippen molar-refractivity contribution in [3.63, 3.8) is 0 Å². The number of carbonyl (C=O) groups excluding carboxylic acids is 1. The lowest BCUT2D eigenvalue weighted by molar-refractivity contribution is 0.0923. The first-order valence-electron chi connectivity index (χ1n) is 4.55. The normalized spacial score (nSPS) is 10.1. The molecule has 14 heavy (non-hydrogen) atoms. The number of aliphatic hydroxyl groups is 1. The number of hydrogen-bond donors (Lipinski definition) is 2. The molecule has 0 saturated carbocycles. The third kappa shape index (κ3) is 2.85. The Morgan fingerprint density at radius 3 is 3.00 bits per heavy atom. The molecule has 0 aliphatic rings. The SMILES string of the molecule is Cc1ncoc1C(=O)NCCCCO. The molecule has 5 nitrogen and oxygen atoms in total. The highest BCUT2D eigenvalue weighted by atomic mass is 16.3. The van der Waals surface area contributed by atoms with Gasteiger partial charge in [-0.3, -0.25) is 4.79 Å². The van der Waals surface area contributed by atoms with Crippen molar-refractivity contribution in [2.24, 2.45) is 0 Å². The van der Waals surface area contributed by atoms with E-state index in [1.54, 1.807) is 6.92 Å². The Morgan fingerprint density at radius 1 is 1.64 bits per heavy atom. The smallest absolute Gasteiger partial charge is 0.288 e. The molecule has 0 fully saturated rings. The lowest BCUT2D eigenvalue weighted by Gasteiger charge is -2.01. The van der Waals surface area contributed by atoms with Crippen LogP contribution >= 0.6 is 0 Å². The summed E-state index contributed by atoms with van der Waals surface area (Å²) >= 11 is 0. The molecule has 1 heterocycles. The van der Waals surface area contributed by atoms with Crippen LogP contribution in [-0.2, 0) is 0 Å². The van der Waals surface area contributed by atoms with E-state index >= 15 is 0 Å². The maximum atomic E-state index is 11.4. The fourth-order valence-electron chi connectivity index (χ4n) is 1.04. The summed E-state index contributed by atoms with van der Waals surface area (Å²) < 4.78 is 4.91. The quantitative estimate of drug-likeness (QED) is 0.675. The molecule has 0 saturated heterocycles. The number of rotatable bonds is 5. The van der Waals surface area contributed by atoms with Gasteiger partial charge in [-0.25, -0.2) is 4.98 Å². The van der Waals surface area contributed by atoms with Crippen molar-refractivity contribution in [2.75, 3.05) is 13.2 Å². The molecule has 1 rings (SSSR count). The molecule has 0 spiro atoms. The summed E-state index contributed by atoms with van der Waals surface area (Å²) in [6.07, 6.45) is 2.70. The Morgan fingerprint density at radius 2 is 2.43 bits per heavy atom. The van der Waals surface area contributed by atoms with Gasteiger partial charge >= 0.3 is 0 Å². The monoisotopic (exact) mass is 198 g/mol. The van der Waals surface area contributed by atoms with Crippen LogP contribution in [0.25, 0.3) is 0 Å². The van der Waals surface area contributed by atoms with Gasteiger partial charge in [-0.15, -0.1) is 0 Å². The van der Waals surface area contributed by atoms with Gasteiger partial charge in [0.2, 0.25) is 5.76 Å². The summed E-state index contributed by atoms with van der Waals surface area (Å²) in [6, 6.07) is 0. The van der Waals surface area contributed by atoms with E-state index in [-0.39, 0.29) is 18.3 Å². The number of aromatic nitrogens is 1. The van der Waals surface area contributed by atoms with Crippen molar-refractivity contribution in [2.45, 2.75) is 19.8 Å². The second kappa shape index (κ2) is 5.39. The minimum atomic E-state index is -0.252. The Labute approximate surface area is 82.1 Å². The van der Waals surface area contributed by atoms with Gasteiger partial charge < -0.3 is 14.8 Å². The number of aliphatic hydroxyl groups excluding tert-OH is 1. The first-order chi connectivity index (χ1) is 6.75. The molecule has 1 amide bonds. The average molecular weight is 198 g/mol. The highest BCUT2D eigenvalue weighted by molar-refractivity contribution is 5.92. The van der Waals surface area contributed by atoms with E-state index in [2.05, 4.69) is 10.3 Å². The van der Waals surface area contributed by atoms with E-state index in [1.807, 2.05) is 0 Å². The maximum absolute atomic E-state index is 11.4. The van der Waals surface area contributed by atoms with Gasteiger partial charge in [-0.1, -0.05) is 0 Å². The topological polar surface area (TPSA) is 75.4 Å². The van der Waals surface area contributed by atoms with Crippen molar-refractivity contribution >= 4 is 5.91 Å². The fraction of sp³-hybridized carbons (Fsp3) is 0.556. The van der Waals surface area contributed by atoms with Gasteiger partial charge in [0.15, 0.2) is 6.39 Å². The second-order valence-corrected chi connectivity index (χ2v) is 2.95. The van der Waals surface area contributed by atoms with Crippen LogP contribution in [0.5, 0.6) is 0 Å². The van der Waals surface area contributed by atoms with E-state index in [4.69, 9.17) is 9.52 Å². The first kappa shape index (κ1) is 10.7. The lowest BCUT2D eigenvalue weighted by atomic mass is 10.3.